The molecule has 0 unspecified atom stereocenters. The number of imide groups is 1. The van der Waals surface area contributed by atoms with Crippen LogP contribution in [0.4, 0.5) is 0 Å². The summed E-state index contributed by atoms with van der Waals surface area (Å²) in [7, 11) is 0. The summed E-state index contributed by atoms with van der Waals surface area (Å²) in [6, 6.07) is 6.00. The molecular weight excluding hydrogens is 370 g/mol. The minimum absolute atomic E-state index is 0.0710. The Kier molecular flexibility index (Phi) is 6.30. The lowest BCUT2D eigenvalue weighted by molar-refractivity contribution is -0.158. The van der Waals surface area contributed by atoms with Crippen molar-refractivity contribution in [2.75, 3.05) is 6.61 Å². The first kappa shape index (κ1) is 21.0. The Morgan fingerprint density at radius 3 is 2.10 bits per heavy atom. The van der Waals surface area contributed by atoms with Gasteiger partial charge in [0.05, 0.1) is 11.8 Å². The van der Waals surface area contributed by atoms with Gasteiger partial charge in [-0.05, 0) is 32.1 Å². The molecule has 29 heavy (non-hydrogen) atoms. The van der Waals surface area contributed by atoms with Gasteiger partial charge in [0, 0.05) is 5.56 Å². The molecule has 0 N–H and O–H groups in total. The van der Waals surface area contributed by atoms with Crippen molar-refractivity contribution in [1.29, 1.82) is 0 Å². The Labute approximate surface area is 170 Å². The number of ketones is 1. The summed E-state index contributed by atoms with van der Waals surface area (Å²) < 4.78 is 5.26. The van der Waals surface area contributed by atoms with E-state index in [1.165, 1.54) is 0 Å². The van der Waals surface area contributed by atoms with Crippen LogP contribution in [0.3, 0.4) is 0 Å². The van der Waals surface area contributed by atoms with Crippen LogP contribution in [0.5, 0.6) is 0 Å². The summed E-state index contributed by atoms with van der Waals surface area (Å²) in [5.41, 5.74) is 1.48. The number of aryl methyl sites for hydroxylation is 1. The third-order valence-corrected chi connectivity index (χ3v) is 5.54. The van der Waals surface area contributed by atoms with E-state index in [9.17, 15) is 19.2 Å². The van der Waals surface area contributed by atoms with Crippen molar-refractivity contribution in [2.24, 2.45) is 17.8 Å². The van der Waals surface area contributed by atoms with Gasteiger partial charge in [0.15, 0.2) is 12.4 Å². The van der Waals surface area contributed by atoms with E-state index in [-0.39, 0.29) is 23.5 Å². The molecule has 1 aliphatic heterocycles. The molecule has 1 fully saturated rings. The number of Topliss-reactive ketones (excluding diaryl/α,β-unsaturated/α-hetero) is 1. The average Bonchev–Trinajstić information content (AvgIpc) is 2.95. The van der Waals surface area contributed by atoms with E-state index in [4.69, 9.17) is 4.74 Å². The molecule has 154 valence electrons. The monoisotopic (exact) mass is 397 g/mol. The van der Waals surface area contributed by atoms with Crippen molar-refractivity contribution >= 4 is 23.6 Å². The predicted molar refractivity (Wildman–Crippen MR) is 107 cm³/mol. The summed E-state index contributed by atoms with van der Waals surface area (Å²) >= 11 is 0. The first-order valence-corrected chi connectivity index (χ1v) is 10.1. The highest BCUT2D eigenvalue weighted by atomic mass is 16.5. The van der Waals surface area contributed by atoms with Gasteiger partial charge in [-0.1, -0.05) is 55.8 Å². The molecule has 2 aliphatic rings. The van der Waals surface area contributed by atoms with E-state index in [1.807, 2.05) is 45.1 Å². The topological polar surface area (TPSA) is 80.8 Å². The van der Waals surface area contributed by atoms with Crippen LogP contribution in [0, 0.1) is 24.7 Å². The first-order chi connectivity index (χ1) is 13.8. The zero-order chi connectivity index (χ0) is 21.1. The standard InChI is InChI=1S/C23H27NO5/c1-14(2)12-19(24-21(26)17-6-4-5-7-18(17)22(24)27)23(28)29-13-20(25)16-10-8-15(3)9-11-16/h4-5,8-11,14,17-19H,6-7,12-13H2,1-3H3/t17-,18-,19-/m0/s1. The number of rotatable bonds is 7. The molecule has 1 heterocycles. The number of carbonyl (C=O) groups excluding carboxylic acids is 4. The minimum atomic E-state index is -0.994. The first-order valence-electron chi connectivity index (χ1n) is 10.1. The fraction of sp³-hybridized carbons (Fsp3) is 0.478. The Bertz CT molecular complexity index is 813. The molecule has 0 spiro atoms. The number of nitrogens with zero attached hydrogens (tertiary/aromatic N) is 1. The fourth-order valence-corrected chi connectivity index (χ4v) is 3.94. The molecule has 0 aromatic heterocycles. The van der Waals surface area contributed by atoms with Gasteiger partial charge in [-0.2, -0.15) is 0 Å². The molecule has 1 aromatic carbocycles. The van der Waals surface area contributed by atoms with Crippen LogP contribution in [0.1, 0.15) is 49.0 Å². The van der Waals surface area contributed by atoms with Gasteiger partial charge in [0.2, 0.25) is 11.8 Å². The van der Waals surface area contributed by atoms with Crippen LogP contribution in [-0.2, 0) is 19.1 Å². The third kappa shape index (κ3) is 4.47. The number of amides is 2. The van der Waals surface area contributed by atoms with E-state index in [0.717, 1.165) is 10.5 Å². The largest absolute Gasteiger partial charge is 0.456 e. The number of ether oxygens (including phenoxy) is 1. The number of allylic oxidation sites excluding steroid dienone is 2. The minimum Gasteiger partial charge on any atom is -0.456 e. The predicted octanol–water partition coefficient (Wildman–Crippen LogP) is 3.09. The SMILES string of the molecule is Cc1ccc(C(=O)COC(=O)[C@H](CC(C)C)N2C(=O)[C@H]3CC=CC[C@@H]3C2=O)cc1. The molecule has 2 amide bonds. The molecular formula is C23H27NO5. The highest BCUT2D eigenvalue weighted by Gasteiger charge is 2.51. The van der Waals surface area contributed by atoms with E-state index in [1.54, 1.807) is 12.1 Å². The summed E-state index contributed by atoms with van der Waals surface area (Å²) in [5, 5.41) is 0. The molecule has 6 nitrogen and oxygen atoms in total. The zero-order valence-electron chi connectivity index (χ0n) is 17.1. The summed E-state index contributed by atoms with van der Waals surface area (Å²) in [6.45, 7) is 5.33. The molecule has 1 saturated heterocycles. The van der Waals surface area contributed by atoms with Gasteiger partial charge in [-0.15, -0.1) is 0 Å². The number of hydrogen-bond donors (Lipinski definition) is 0. The van der Waals surface area contributed by atoms with E-state index >= 15 is 0 Å². The van der Waals surface area contributed by atoms with E-state index in [0.29, 0.717) is 24.8 Å². The lowest BCUT2D eigenvalue weighted by atomic mass is 9.85. The second kappa shape index (κ2) is 8.72. The molecule has 0 saturated carbocycles. The number of fused-ring (bicyclic) bond motifs is 1. The maximum Gasteiger partial charge on any atom is 0.329 e. The second-order valence-electron chi connectivity index (χ2n) is 8.24. The van der Waals surface area contributed by atoms with Crippen LogP contribution < -0.4 is 0 Å². The second-order valence-corrected chi connectivity index (χ2v) is 8.24. The molecule has 1 aromatic rings. The van der Waals surface area contributed by atoms with Crippen LogP contribution in [0.25, 0.3) is 0 Å². The third-order valence-electron chi connectivity index (χ3n) is 5.54. The van der Waals surface area contributed by atoms with Gasteiger partial charge < -0.3 is 4.74 Å². The van der Waals surface area contributed by atoms with Gasteiger partial charge in [-0.3, -0.25) is 19.3 Å². The normalized spacial score (nSPS) is 22.0. The number of hydrogen-bond acceptors (Lipinski definition) is 5. The Hall–Kier alpha value is -2.76. The molecule has 3 rings (SSSR count). The van der Waals surface area contributed by atoms with Crippen molar-refractivity contribution in [3.05, 3.63) is 47.5 Å². The van der Waals surface area contributed by atoms with Crippen LogP contribution in [-0.4, -0.2) is 41.1 Å². The zero-order valence-corrected chi connectivity index (χ0v) is 17.1. The van der Waals surface area contributed by atoms with Crippen molar-refractivity contribution < 1.29 is 23.9 Å². The van der Waals surface area contributed by atoms with Gasteiger partial charge in [0.1, 0.15) is 6.04 Å². The molecule has 6 heteroatoms. The Balaban J connectivity index is 1.72. The molecule has 0 bridgehead atoms. The summed E-state index contributed by atoms with van der Waals surface area (Å²) in [6.07, 6.45) is 5.15. The highest BCUT2D eigenvalue weighted by molar-refractivity contribution is 6.08. The maximum atomic E-state index is 12.9. The lowest BCUT2D eigenvalue weighted by Gasteiger charge is -2.26. The van der Waals surface area contributed by atoms with Crippen LogP contribution in [0.2, 0.25) is 0 Å². The average molecular weight is 397 g/mol. The van der Waals surface area contributed by atoms with Crippen molar-refractivity contribution in [2.45, 2.75) is 46.1 Å². The summed E-state index contributed by atoms with van der Waals surface area (Å²) in [5.74, 6) is -2.37. The number of esters is 1. The molecule has 3 atom stereocenters. The Morgan fingerprint density at radius 1 is 1.03 bits per heavy atom. The van der Waals surface area contributed by atoms with Gasteiger partial charge >= 0.3 is 5.97 Å². The van der Waals surface area contributed by atoms with Crippen LogP contribution in [0.15, 0.2) is 36.4 Å². The van der Waals surface area contributed by atoms with Gasteiger partial charge in [-0.25, -0.2) is 4.79 Å². The molecule has 0 radical (unpaired) electrons. The molecule has 1 aliphatic carbocycles. The van der Waals surface area contributed by atoms with E-state index in [2.05, 4.69) is 0 Å². The highest BCUT2D eigenvalue weighted by Crippen LogP contribution is 2.37. The summed E-state index contributed by atoms with van der Waals surface area (Å²) in [4.78, 5) is 52.0. The van der Waals surface area contributed by atoms with E-state index < -0.39 is 30.5 Å². The Morgan fingerprint density at radius 2 is 1.59 bits per heavy atom. The van der Waals surface area contributed by atoms with Crippen LogP contribution >= 0.6 is 0 Å². The number of likely N-dealkylation sites (tertiary alicyclic amines) is 1. The number of carbonyl (C=O) groups is 4. The number of benzene rings is 1. The maximum absolute atomic E-state index is 12.9. The van der Waals surface area contributed by atoms with Crippen molar-refractivity contribution in [3.63, 3.8) is 0 Å². The fourth-order valence-electron chi connectivity index (χ4n) is 3.94. The lowest BCUT2D eigenvalue weighted by Crippen LogP contribution is -2.47. The van der Waals surface area contributed by atoms with Crippen molar-refractivity contribution in [1.82, 2.24) is 4.90 Å². The van der Waals surface area contributed by atoms with Gasteiger partial charge in [0.25, 0.3) is 0 Å². The van der Waals surface area contributed by atoms with Crippen molar-refractivity contribution in [3.8, 4) is 0 Å². The quantitative estimate of drug-likeness (QED) is 0.306. The smallest absolute Gasteiger partial charge is 0.329 e.